The number of benzene rings is 3. The molecule has 0 radical (unpaired) electrons. The van der Waals surface area contributed by atoms with E-state index < -0.39 is 51.9 Å². The third kappa shape index (κ3) is 8.43. The third-order valence-corrected chi connectivity index (χ3v) is 9.30. The Bertz CT molecular complexity index is 1540. The Labute approximate surface area is 259 Å². The van der Waals surface area contributed by atoms with E-state index in [-0.39, 0.29) is 28.9 Å². The Hall–Kier alpha value is -3.28. The van der Waals surface area contributed by atoms with Crippen molar-refractivity contribution in [2.75, 3.05) is 10.8 Å². The van der Waals surface area contributed by atoms with Crippen LogP contribution in [0, 0.1) is 0 Å². The minimum absolute atomic E-state index is 0.161. The van der Waals surface area contributed by atoms with Gasteiger partial charge >= 0.3 is 6.18 Å². The molecular formula is C30H32Cl2F3N3O4S. The lowest BCUT2D eigenvalue weighted by Gasteiger charge is -2.34. The van der Waals surface area contributed by atoms with Gasteiger partial charge in [0.15, 0.2) is 0 Å². The van der Waals surface area contributed by atoms with Gasteiger partial charge in [-0.1, -0.05) is 73.4 Å². The zero-order chi connectivity index (χ0) is 31.9. The molecule has 232 valence electrons. The average Bonchev–Trinajstić information content (AvgIpc) is 2.96. The number of nitrogens with one attached hydrogen (secondary N) is 1. The number of sulfonamides is 1. The Morgan fingerprint density at radius 3 is 2.12 bits per heavy atom. The van der Waals surface area contributed by atoms with E-state index in [1.165, 1.54) is 29.2 Å². The summed E-state index contributed by atoms with van der Waals surface area (Å²) in [4.78, 5) is 28.4. The second-order valence-corrected chi connectivity index (χ2v) is 12.5. The normalized spacial score (nSPS) is 13.2. The number of hydrogen-bond donors (Lipinski definition) is 1. The molecular weight excluding hydrogens is 626 g/mol. The fraction of sp³-hybridized carbons (Fsp3) is 0.333. The molecule has 0 aliphatic carbocycles. The summed E-state index contributed by atoms with van der Waals surface area (Å²) in [5.41, 5.74) is -1.20. The molecule has 0 saturated heterocycles. The summed E-state index contributed by atoms with van der Waals surface area (Å²) < 4.78 is 69.4. The second-order valence-electron chi connectivity index (χ2n) is 9.84. The van der Waals surface area contributed by atoms with E-state index in [1.54, 1.807) is 44.2 Å². The summed E-state index contributed by atoms with van der Waals surface area (Å²) in [5.74, 6) is -1.31. The third-order valence-electron chi connectivity index (χ3n) is 6.84. The average molecular weight is 659 g/mol. The molecule has 13 heteroatoms. The summed E-state index contributed by atoms with van der Waals surface area (Å²) in [6.07, 6.45) is -4.03. The van der Waals surface area contributed by atoms with E-state index in [1.807, 2.05) is 6.92 Å². The van der Waals surface area contributed by atoms with Gasteiger partial charge in [0, 0.05) is 17.6 Å². The number of amides is 2. The van der Waals surface area contributed by atoms with Crippen molar-refractivity contribution in [3.63, 3.8) is 0 Å². The molecule has 2 atom stereocenters. The van der Waals surface area contributed by atoms with E-state index >= 15 is 0 Å². The van der Waals surface area contributed by atoms with Gasteiger partial charge in [-0.25, -0.2) is 8.42 Å². The highest BCUT2D eigenvalue weighted by Crippen LogP contribution is 2.37. The molecule has 3 aromatic rings. The predicted octanol–water partition coefficient (Wildman–Crippen LogP) is 6.93. The van der Waals surface area contributed by atoms with Gasteiger partial charge in [0.2, 0.25) is 11.8 Å². The van der Waals surface area contributed by atoms with Gasteiger partial charge in [0.25, 0.3) is 10.0 Å². The van der Waals surface area contributed by atoms with Crippen molar-refractivity contribution in [3.05, 3.63) is 94.0 Å². The molecule has 0 spiro atoms. The van der Waals surface area contributed by atoms with Gasteiger partial charge in [-0.2, -0.15) is 13.2 Å². The molecule has 0 bridgehead atoms. The second kappa shape index (κ2) is 14.5. The molecule has 0 fully saturated rings. The molecule has 0 saturated carbocycles. The molecule has 3 aromatic carbocycles. The van der Waals surface area contributed by atoms with Crippen LogP contribution in [0.25, 0.3) is 0 Å². The van der Waals surface area contributed by atoms with Crippen molar-refractivity contribution in [2.24, 2.45) is 0 Å². The topological polar surface area (TPSA) is 86.8 Å². The summed E-state index contributed by atoms with van der Waals surface area (Å²) in [7, 11) is -4.62. The summed E-state index contributed by atoms with van der Waals surface area (Å²) in [6, 6.07) is 14.6. The Morgan fingerprint density at radius 1 is 0.907 bits per heavy atom. The first-order valence-electron chi connectivity index (χ1n) is 13.5. The van der Waals surface area contributed by atoms with Crippen LogP contribution in [0.1, 0.15) is 44.7 Å². The number of anilines is 1. The van der Waals surface area contributed by atoms with Crippen LogP contribution in [-0.2, 0) is 32.3 Å². The van der Waals surface area contributed by atoms with Crippen molar-refractivity contribution in [1.82, 2.24) is 10.2 Å². The van der Waals surface area contributed by atoms with Crippen LogP contribution in [0.4, 0.5) is 18.9 Å². The predicted molar refractivity (Wildman–Crippen MR) is 161 cm³/mol. The maximum atomic E-state index is 14.1. The van der Waals surface area contributed by atoms with Crippen LogP contribution in [0.2, 0.25) is 10.0 Å². The molecule has 0 unspecified atom stereocenters. The number of hydrogen-bond acceptors (Lipinski definition) is 4. The Kier molecular flexibility index (Phi) is 11.5. The van der Waals surface area contributed by atoms with Gasteiger partial charge in [-0.15, -0.1) is 0 Å². The van der Waals surface area contributed by atoms with Gasteiger partial charge < -0.3 is 10.2 Å². The summed E-state index contributed by atoms with van der Waals surface area (Å²) in [5, 5.41) is 2.84. The van der Waals surface area contributed by atoms with Gasteiger partial charge in [-0.3, -0.25) is 13.9 Å². The molecule has 0 aromatic heterocycles. The highest BCUT2D eigenvalue weighted by atomic mass is 35.5. The van der Waals surface area contributed by atoms with Crippen molar-refractivity contribution < 1.29 is 31.2 Å². The van der Waals surface area contributed by atoms with Crippen molar-refractivity contribution in [2.45, 2.75) is 63.3 Å². The number of nitrogens with zero attached hydrogens (tertiary/aromatic N) is 2. The fourth-order valence-corrected chi connectivity index (χ4v) is 6.20. The molecule has 43 heavy (non-hydrogen) atoms. The lowest BCUT2D eigenvalue weighted by molar-refractivity contribution is -0.140. The molecule has 3 rings (SSSR count). The lowest BCUT2D eigenvalue weighted by Crippen LogP contribution is -2.53. The summed E-state index contributed by atoms with van der Waals surface area (Å²) in [6.45, 7) is 4.25. The van der Waals surface area contributed by atoms with Crippen LogP contribution >= 0.6 is 23.2 Å². The molecule has 7 nitrogen and oxygen atoms in total. The minimum Gasteiger partial charge on any atom is -0.352 e. The van der Waals surface area contributed by atoms with Crippen LogP contribution in [0.5, 0.6) is 0 Å². The van der Waals surface area contributed by atoms with Crippen LogP contribution in [0.3, 0.4) is 0 Å². The molecule has 2 amide bonds. The zero-order valence-corrected chi connectivity index (χ0v) is 26.1. The quantitative estimate of drug-likeness (QED) is 0.229. The van der Waals surface area contributed by atoms with Crippen molar-refractivity contribution >= 4 is 50.7 Å². The van der Waals surface area contributed by atoms with Crippen molar-refractivity contribution in [3.8, 4) is 0 Å². The lowest BCUT2D eigenvalue weighted by atomic mass is 10.1. The Balaban J connectivity index is 2.16. The standard InChI is InChI=1S/C30H32Cl2F3N3O4S/c1-4-20(3)36-29(40)26(5-2)37(18-21-11-9-10-14-24(21)31)28(39)19-38(43(41,42)23-12-7-6-8-13-23)27-17-22(30(33,34)35)15-16-25(27)32/h6-17,20,26H,4-5,18-19H2,1-3H3,(H,36,40)/t20-,26-/m0/s1. The van der Waals surface area contributed by atoms with Crippen LogP contribution < -0.4 is 9.62 Å². The molecule has 0 heterocycles. The fourth-order valence-electron chi connectivity index (χ4n) is 4.28. The first kappa shape index (κ1) is 34.2. The zero-order valence-electron chi connectivity index (χ0n) is 23.7. The van der Waals surface area contributed by atoms with Crippen molar-refractivity contribution in [1.29, 1.82) is 0 Å². The Morgan fingerprint density at radius 2 is 1.53 bits per heavy atom. The highest BCUT2D eigenvalue weighted by Gasteiger charge is 2.37. The van der Waals surface area contributed by atoms with E-state index in [4.69, 9.17) is 23.2 Å². The number of rotatable bonds is 12. The van der Waals surface area contributed by atoms with E-state index in [0.29, 0.717) is 27.4 Å². The first-order chi connectivity index (χ1) is 20.2. The number of halogens is 5. The molecule has 0 aliphatic rings. The summed E-state index contributed by atoms with van der Waals surface area (Å²) >= 11 is 12.7. The van der Waals surface area contributed by atoms with Crippen LogP contribution in [0.15, 0.2) is 77.7 Å². The number of carbonyl (C=O) groups is 2. The van der Waals surface area contributed by atoms with E-state index in [0.717, 1.165) is 12.1 Å². The van der Waals surface area contributed by atoms with Gasteiger partial charge in [-0.05, 0) is 61.7 Å². The maximum absolute atomic E-state index is 14.1. The van der Waals surface area contributed by atoms with Gasteiger partial charge in [0.1, 0.15) is 12.6 Å². The minimum atomic E-state index is -4.82. The first-order valence-corrected chi connectivity index (χ1v) is 15.7. The molecule has 1 N–H and O–H groups in total. The van der Waals surface area contributed by atoms with E-state index in [2.05, 4.69) is 5.32 Å². The van der Waals surface area contributed by atoms with Crippen LogP contribution in [-0.4, -0.2) is 43.8 Å². The monoisotopic (exact) mass is 657 g/mol. The number of carbonyl (C=O) groups excluding carboxylic acids is 2. The molecule has 0 aliphatic heterocycles. The number of alkyl halides is 3. The van der Waals surface area contributed by atoms with E-state index in [9.17, 15) is 31.2 Å². The highest BCUT2D eigenvalue weighted by molar-refractivity contribution is 7.92. The largest absolute Gasteiger partial charge is 0.416 e. The maximum Gasteiger partial charge on any atom is 0.416 e. The smallest absolute Gasteiger partial charge is 0.352 e. The van der Waals surface area contributed by atoms with Gasteiger partial charge in [0.05, 0.1) is 21.2 Å². The SMILES string of the molecule is CC[C@H](C)NC(=O)[C@H](CC)N(Cc1ccccc1Cl)C(=O)CN(c1cc(C(F)(F)F)ccc1Cl)S(=O)(=O)c1ccccc1.